The number of nitrogens with zero attached hydrogens (tertiary/aromatic N) is 2. The van der Waals surface area contributed by atoms with E-state index in [1.807, 2.05) is 4.90 Å². The average molecular weight is 363 g/mol. The molecule has 1 aromatic carbocycles. The highest BCUT2D eigenvalue weighted by Crippen LogP contribution is 2.16. The molecule has 1 aromatic heterocycles. The van der Waals surface area contributed by atoms with Crippen LogP contribution in [0.5, 0.6) is 0 Å². The zero-order valence-electron chi connectivity index (χ0n) is 15.0. The number of furan rings is 1. The standard InChI is InChI=1S/C20H26N2O2.ClH/c1-16-7-3-4-8-18(16)9-5-11-21-12-13-22(17(2)15-21)20(23)19-10-6-14-24-19;/h3-4,6-8,10,14,17H,5,9,11-13,15H2,1-2H3;1H. The molecule has 1 aliphatic rings. The van der Waals surface area contributed by atoms with Gasteiger partial charge in [0.25, 0.3) is 5.91 Å². The van der Waals surface area contributed by atoms with Crippen molar-refractivity contribution in [2.24, 2.45) is 0 Å². The van der Waals surface area contributed by atoms with Gasteiger partial charge in [-0.2, -0.15) is 0 Å². The van der Waals surface area contributed by atoms with Crippen LogP contribution in [-0.2, 0) is 6.42 Å². The third kappa shape index (κ3) is 4.86. The van der Waals surface area contributed by atoms with Crippen LogP contribution < -0.4 is 0 Å². The summed E-state index contributed by atoms with van der Waals surface area (Å²) in [5.41, 5.74) is 2.82. The summed E-state index contributed by atoms with van der Waals surface area (Å²) in [7, 11) is 0. The number of halogens is 1. The summed E-state index contributed by atoms with van der Waals surface area (Å²) in [6, 6.07) is 12.3. The minimum absolute atomic E-state index is 0. The fourth-order valence-electron chi connectivity index (χ4n) is 3.46. The fourth-order valence-corrected chi connectivity index (χ4v) is 3.46. The summed E-state index contributed by atoms with van der Waals surface area (Å²) in [5, 5.41) is 0. The molecule has 1 fully saturated rings. The second-order valence-electron chi connectivity index (χ2n) is 6.66. The van der Waals surface area contributed by atoms with E-state index in [0.717, 1.165) is 39.0 Å². The molecule has 2 aromatic rings. The van der Waals surface area contributed by atoms with Crippen molar-refractivity contribution in [1.82, 2.24) is 9.80 Å². The van der Waals surface area contributed by atoms with Gasteiger partial charge in [-0.25, -0.2) is 0 Å². The largest absolute Gasteiger partial charge is 0.459 e. The Hall–Kier alpha value is -1.78. The van der Waals surface area contributed by atoms with Gasteiger partial charge in [-0.3, -0.25) is 9.69 Å². The quantitative estimate of drug-likeness (QED) is 0.812. The van der Waals surface area contributed by atoms with Crippen molar-refractivity contribution in [2.75, 3.05) is 26.2 Å². The minimum atomic E-state index is 0. The lowest BCUT2D eigenvalue weighted by Crippen LogP contribution is -2.54. The SMILES string of the molecule is Cc1ccccc1CCCN1CCN(C(=O)c2ccco2)C(C)C1.Cl. The van der Waals surface area contributed by atoms with E-state index in [1.165, 1.54) is 11.1 Å². The maximum absolute atomic E-state index is 12.4. The molecule has 1 unspecified atom stereocenters. The van der Waals surface area contributed by atoms with Crippen LogP contribution in [0.25, 0.3) is 0 Å². The van der Waals surface area contributed by atoms with Crippen molar-refractivity contribution in [2.45, 2.75) is 32.7 Å². The highest BCUT2D eigenvalue weighted by Gasteiger charge is 2.28. The molecule has 0 spiro atoms. The number of carbonyl (C=O) groups is 1. The summed E-state index contributed by atoms with van der Waals surface area (Å²) >= 11 is 0. The Labute approximate surface area is 156 Å². The number of hydrogen-bond donors (Lipinski definition) is 0. The molecule has 0 bridgehead atoms. The van der Waals surface area contributed by atoms with Crippen molar-refractivity contribution in [3.8, 4) is 0 Å². The zero-order chi connectivity index (χ0) is 16.9. The third-order valence-corrected chi connectivity index (χ3v) is 4.89. The number of aryl methyl sites for hydroxylation is 2. The Morgan fingerprint density at radius 1 is 1.20 bits per heavy atom. The van der Waals surface area contributed by atoms with E-state index in [0.29, 0.717) is 5.76 Å². The topological polar surface area (TPSA) is 36.7 Å². The maximum atomic E-state index is 12.4. The Kier molecular flexibility index (Phi) is 7.09. The van der Waals surface area contributed by atoms with Crippen molar-refractivity contribution in [1.29, 1.82) is 0 Å². The molecule has 0 N–H and O–H groups in total. The molecule has 4 nitrogen and oxygen atoms in total. The van der Waals surface area contributed by atoms with Gasteiger partial charge in [-0.1, -0.05) is 24.3 Å². The van der Waals surface area contributed by atoms with Gasteiger partial charge < -0.3 is 9.32 Å². The fraction of sp³-hybridized carbons (Fsp3) is 0.450. The molecule has 1 atom stereocenters. The monoisotopic (exact) mass is 362 g/mol. The number of amides is 1. The van der Waals surface area contributed by atoms with Crippen LogP contribution in [0.2, 0.25) is 0 Å². The number of hydrogen-bond acceptors (Lipinski definition) is 3. The Balaban J connectivity index is 0.00000225. The third-order valence-electron chi connectivity index (χ3n) is 4.89. The van der Waals surface area contributed by atoms with E-state index in [4.69, 9.17) is 4.42 Å². The van der Waals surface area contributed by atoms with E-state index in [1.54, 1.807) is 18.4 Å². The molecule has 1 aliphatic heterocycles. The van der Waals surface area contributed by atoms with E-state index < -0.39 is 0 Å². The van der Waals surface area contributed by atoms with Gasteiger partial charge in [-0.15, -0.1) is 12.4 Å². The van der Waals surface area contributed by atoms with E-state index in [9.17, 15) is 4.79 Å². The van der Waals surface area contributed by atoms with Gasteiger partial charge in [-0.05, 0) is 56.5 Å². The molecule has 2 heterocycles. The van der Waals surface area contributed by atoms with Gasteiger partial charge in [0.1, 0.15) is 0 Å². The van der Waals surface area contributed by atoms with Gasteiger partial charge in [0.05, 0.1) is 6.26 Å². The summed E-state index contributed by atoms with van der Waals surface area (Å²) in [6.07, 6.45) is 3.83. The molecule has 1 amide bonds. The second-order valence-corrected chi connectivity index (χ2v) is 6.66. The summed E-state index contributed by atoms with van der Waals surface area (Å²) < 4.78 is 5.24. The van der Waals surface area contributed by atoms with Gasteiger partial charge >= 0.3 is 0 Å². The van der Waals surface area contributed by atoms with Crippen LogP contribution in [0.1, 0.15) is 35.0 Å². The zero-order valence-corrected chi connectivity index (χ0v) is 15.8. The number of piperazine rings is 1. The van der Waals surface area contributed by atoms with Gasteiger partial charge in [0, 0.05) is 25.7 Å². The lowest BCUT2D eigenvalue weighted by Gasteiger charge is -2.39. The van der Waals surface area contributed by atoms with Gasteiger partial charge in [0.15, 0.2) is 5.76 Å². The predicted molar refractivity (Wildman–Crippen MR) is 102 cm³/mol. The van der Waals surface area contributed by atoms with E-state index in [2.05, 4.69) is 43.0 Å². The van der Waals surface area contributed by atoms with Crippen LogP contribution in [0.15, 0.2) is 47.1 Å². The first-order valence-electron chi connectivity index (χ1n) is 8.76. The van der Waals surface area contributed by atoms with E-state index in [-0.39, 0.29) is 24.4 Å². The lowest BCUT2D eigenvalue weighted by molar-refractivity contribution is 0.0459. The maximum Gasteiger partial charge on any atom is 0.289 e. The highest BCUT2D eigenvalue weighted by molar-refractivity contribution is 5.91. The molecule has 0 aliphatic carbocycles. The first-order valence-corrected chi connectivity index (χ1v) is 8.76. The molecule has 3 rings (SSSR count). The van der Waals surface area contributed by atoms with Gasteiger partial charge in [0.2, 0.25) is 0 Å². The molecule has 25 heavy (non-hydrogen) atoms. The number of benzene rings is 1. The smallest absolute Gasteiger partial charge is 0.289 e. The Morgan fingerprint density at radius 2 is 2.00 bits per heavy atom. The van der Waals surface area contributed by atoms with E-state index >= 15 is 0 Å². The molecular formula is C20H27ClN2O2. The highest BCUT2D eigenvalue weighted by atomic mass is 35.5. The molecular weight excluding hydrogens is 336 g/mol. The lowest BCUT2D eigenvalue weighted by atomic mass is 10.0. The molecule has 136 valence electrons. The minimum Gasteiger partial charge on any atom is -0.459 e. The van der Waals surface area contributed by atoms with Crippen LogP contribution >= 0.6 is 12.4 Å². The summed E-state index contributed by atoms with van der Waals surface area (Å²) in [4.78, 5) is 16.8. The number of rotatable bonds is 5. The van der Waals surface area contributed by atoms with Crippen LogP contribution in [0, 0.1) is 6.92 Å². The first kappa shape index (κ1) is 19.5. The van der Waals surface area contributed by atoms with Crippen molar-refractivity contribution in [3.05, 3.63) is 59.5 Å². The molecule has 5 heteroatoms. The molecule has 1 saturated heterocycles. The predicted octanol–water partition coefficient (Wildman–Crippen LogP) is 3.79. The Bertz CT molecular complexity index is 672. The Morgan fingerprint density at radius 3 is 2.68 bits per heavy atom. The van der Waals surface area contributed by atoms with Crippen LogP contribution in [0.3, 0.4) is 0 Å². The summed E-state index contributed by atoms with van der Waals surface area (Å²) in [5.74, 6) is 0.446. The number of carbonyl (C=O) groups excluding carboxylic acids is 1. The van der Waals surface area contributed by atoms with Crippen molar-refractivity contribution < 1.29 is 9.21 Å². The van der Waals surface area contributed by atoms with Crippen molar-refractivity contribution in [3.63, 3.8) is 0 Å². The van der Waals surface area contributed by atoms with Crippen molar-refractivity contribution >= 4 is 18.3 Å². The first-order chi connectivity index (χ1) is 11.6. The average Bonchev–Trinajstić information content (AvgIpc) is 3.11. The normalized spacial score (nSPS) is 18.0. The molecule has 0 saturated carbocycles. The van der Waals surface area contributed by atoms with Crippen LogP contribution in [0.4, 0.5) is 0 Å². The summed E-state index contributed by atoms with van der Waals surface area (Å²) in [6.45, 7) is 8.02. The molecule has 0 radical (unpaired) electrons. The second kappa shape index (κ2) is 9.07. The van der Waals surface area contributed by atoms with Crippen LogP contribution in [-0.4, -0.2) is 47.9 Å².